The Kier molecular flexibility index (Phi) is 4.08. The van der Waals surface area contributed by atoms with E-state index in [1.807, 2.05) is 31.0 Å². The van der Waals surface area contributed by atoms with Gasteiger partial charge in [-0.1, -0.05) is 0 Å². The average molecular weight is 263 g/mol. The minimum atomic E-state index is 0.320. The first-order chi connectivity index (χ1) is 9.19. The molecule has 0 fully saturated rings. The van der Waals surface area contributed by atoms with Gasteiger partial charge in [-0.05, 0) is 6.07 Å². The van der Waals surface area contributed by atoms with Gasteiger partial charge in [-0.2, -0.15) is 20.1 Å². The Balaban J connectivity index is 2.00. The summed E-state index contributed by atoms with van der Waals surface area (Å²) in [7, 11) is 3.70. The second-order valence-electron chi connectivity index (χ2n) is 4.02. The lowest BCUT2D eigenvalue weighted by Gasteiger charge is -2.13. The van der Waals surface area contributed by atoms with Crippen molar-refractivity contribution in [3.63, 3.8) is 0 Å². The number of nitrogens with two attached hydrogens (primary N) is 1. The lowest BCUT2D eigenvalue weighted by atomic mass is 10.6. The maximum atomic E-state index is 5.33. The molecule has 0 aliphatic heterocycles. The highest BCUT2D eigenvalue weighted by atomic mass is 15.4. The normalized spacial score (nSPS) is 10.3. The summed E-state index contributed by atoms with van der Waals surface area (Å²) in [5.74, 6) is 6.65. The van der Waals surface area contributed by atoms with Crippen LogP contribution in [-0.2, 0) is 6.54 Å². The minimum absolute atomic E-state index is 0.320. The number of rotatable bonds is 6. The van der Waals surface area contributed by atoms with Crippen LogP contribution in [0.4, 0.5) is 17.8 Å². The Morgan fingerprint density at radius 2 is 2.05 bits per heavy atom. The fourth-order valence-electron chi connectivity index (χ4n) is 1.42. The van der Waals surface area contributed by atoms with Gasteiger partial charge in [0.25, 0.3) is 0 Å². The number of nitrogen functional groups attached to an aromatic ring is 1. The molecule has 0 saturated carbocycles. The molecule has 0 atom stereocenters. The van der Waals surface area contributed by atoms with Crippen molar-refractivity contribution in [3.8, 4) is 0 Å². The molecule has 2 aromatic rings. The van der Waals surface area contributed by atoms with E-state index in [9.17, 15) is 0 Å². The van der Waals surface area contributed by atoms with Crippen LogP contribution in [0.1, 0.15) is 0 Å². The van der Waals surface area contributed by atoms with E-state index in [-0.39, 0.29) is 0 Å². The Labute approximate surface area is 110 Å². The molecule has 0 spiro atoms. The predicted octanol–water partition coefficient (Wildman–Crippen LogP) is -0.468. The molecule has 0 bridgehead atoms. The Morgan fingerprint density at radius 3 is 2.68 bits per heavy atom. The fraction of sp³-hybridized carbons (Fsp3) is 0.400. The third-order valence-corrected chi connectivity index (χ3v) is 2.34. The van der Waals surface area contributed by atoms with Crippen LogP contribution in [0.3, 0.4) is 0 Å². The first-order valence-corrected chi connectivity index (χ1v) is 5.80. The summed E-state index contributed by atoms with van der Waals surface area (Å²) in [4.78, 5) is 14.3. The molecule has 9 heteroatoms. The molecule has 19 heavy (non-hydrogen) atoms. The molecule has 0 radical (unpaired) electrons. The zero-order valence-corrected chi connectivity index (χ0v) is 10.9. The van der Waals surface area contributed by atoms with Crippen LogP contribution in [0.2, 0.25) is 0 Å². The molecule has 0 aliphatic carbocycles. The zero-order chi connectivity index (χ0) is 13.7. The highest BCUT2D eigenvalue weighted by Gasteiger charge is 2.06. The summed E-state index contributed by atoms with van der Waals surface area (Å²) in [5, 5.41) is 7.22. The minimum Gasteiger partial charge on any atom is -0.352 e. The Hall–Kier alpha value is -2.42. The maximum Gasteiger partial charge on any atom is 0.243 e. The van der Waals surface area contributed by atoms with E-state index in [0.717, 1.165) is 6.54 Å². The largest absolute Gasteiger partial charge is 0.352 e. The van der Waals surface area contributed by atoms with Gasteiger partial charge in [0.05, 0.1) is 6.54 Å². The van der Waals surface area contributed by atoms with Gasteiger partial charge in [-0.3, -0.25) is 10.1 Å². The Bertz CT molecular complexity index is 508. The van der Waals surface area contributed by atoms with E-state index in [0.29, 0.717) is 24.4 Å². The van der Waals surface area contributed by atoms with Crippen LogP contribution in [0.15, 0.2) is 18.5 Å². The van der Waals surface area contributed by atoms with E-state index < -0.39 is 0 Å². The SMILES string of the molecule is CN(C)c1nc(NN)nc(NCCn2cccn2)n1. The van der Waals surface area contributed by atoms with Crippen LogP contribution >= 0.6 is 0 Å². The summed E-state index contributed by atoms with van der Waals surface area (Å²) >= 11 is 0. The van der Waals surface area contributed by atoms with Crippen molar-refractivity contribution in [3.05, 3.63) is 18.5 Å². The second-order valence-corrected chi connectivity index (χ2v) is 4.02. The predicted molar refractivity (Wildman–Crippen MR) is 72.7 cm³/mol. The van der Waals surface area contributed by atoms with Crippen LogP contribution in [0, 0.1) is 0 Å². The number of anilines is 3. The van der Waals surface area contributed by atoms with Crippen molar-refractivity contribution in [2.45, 2.75) is 6.54 Å². The number of nitrogens with one attached hydrogen (secondary N) is 2. The molecule has 0 saturated heterocycles. The third kappa shape index (κ3) is 3.52. The van der Waals surface area contributed by atoms with Gasteiger partial charge in [-0.15, -0.1) is 0 Å². The van der Waals surface area contributed by atoms with Crippen molar-refractivity contribution < 1.29 is 0 Å². The molecule has 2 heterocycles. The second kappa shape index (κ2) is 5.96. The van der Waals surface area contributed by atoms with Crippen molar-refractivity contribution in [1.82, 2.24) is 24.7 Å². The first-order valence-electron chi connectivity index (χ1n) is 5.80. The molecule has 102 valence electrons. The molecule has 0 unspecified atom stereocenters. The molecule has 9 nitrogen and oxygen atoms in total. The summed E-state index contributed by atoms with van der Waals surface area (Å²) < 4.78 is 1.82. The number of hydrogen-bond acceptors (Lipinski definition) is 8. The van der Waals surface area contributed by atoms with E-state index in [2.05, 4.69) is 30.8 Å². The van der Waals surface area contributed by atoms with Crippen LogP contribution in [0.25, 0.3) is 0 Å². The lowest BCUT2D eigenvalue weighted by Crippen LogP contribution is -2.20. The highest BCUT2D eigenvalue weighted by Crippen LogP contribution is 2.10. The van der Waals surface area contributed by atoms with E-state index in [1.165, 1.54) is 0 Å². The van der Waals surface area contributed by atoms with Crippen molar-refractivity contribution >= 4 is 17.8 Å². The molecule has 2 aromatic heterocycles. The summed E-state index contributed by atoms with van der Waals surface area (Å²) in [6.07, 6.45) is 3.64. The number of hydrazine groups is 1. The molecule has 4 N–H and O–H groups in total. The fourth-order valence-corrected chi connectivity index (χ4v) is 1.42. The van der Waals surface area contributed by atoms with Gasteiger partial charge < -0.3 is 10.2 Å². The monoisotopic (exact) mass is 263 g/mol. The molecule has 0 aromatic carbocycles. The van der Waals surface area contributed by atoms with E-state index in [4.69, 9.17) is 5.84 Å². The van der Waals surface area contributed by atoms with E-state index >= 15 is 0 Å². The topological polar surface area (TPSA) is 110 Å². The summed E-state index contributed by atoms with van der Waals surface area (Å²) in [5.41, 5.74) is 2.42. The van der Waals surface area contributed by atoms with Gasteiger partial charge in [0.2, 0.25) is 17.8 Å². The molecular weight excluding hydrogens is 246 g/mol. The molecule has 0 amide bonds. The number of hydrogen-bond donors (Lipinski definition) is 3. The first kappa shape index (κ1) is 13.0. The van der Waals surface area contributed by atoms with Crippen LogP contribution in [0.5, 0.6) is 0 Å². The summed E-state index contributed by atoms with van der Waals surface area (Å²) in [6.45, 7) is 1.38. The van der Waals surface area contributed by atoms with Crippen molar-refractivity contribution in [2.24, 2.45) is 5.84 Å². The maximum absolute atomic E-state index is 5.33. The quantitative estimate of drug-likeness (QED) is 0.474. The van der Waals surface area contributed by atoms with Gasteiger partial charge in [-0.25, -0.2) is 5.84 Å². The van der Waals surface area contributed by atoms with Crippen LogP contribution in [-0.4, -0.2) is 45.4 Å². The van der Waals surface area contributed by atoms with E-state index in [1.54, 1.807) is 11.1 Å². The van der Waals surface area contributed by atoms with Gasteiger partial charge in [0, 0.05) is 33.0 Å². The van der Waals surface area contributed by atoms with Gasteiger partial charge >= 0.3 is 0 Å². The average Bonchev–Trinajstić information content (AvgIpc) is 2.91. The van der Waals surface area contributed by atoms with Crippen LogP contribution < -0.4 is 21.5 Å². The smallest absolute Gasteiger partial charge is 0.243 e. The zero-order valence-electron chi connectivity index (χ0n) is 10.9. The standard InChI is InChI=1S/C10H17N9/c1-18(2)10-15-8(14-9(16-10)17-11)12-5-7-19-6-3-4-13-19/h3-4,6H,5,7,11H2,1-2H3,(H2,12,14,15,16,17). The summed E-state index contributed by atoms with van der Waals surface area (Å²) in [6, 6.07) is 1.88. The Morgan fingerprint density at radius 1 is 1.26 bits per heavy atom. The highest BCUT2D eigenvalue weighted by molar-refractivity contribution is 5.42. The van der Waals surface area contributed by atoms with Crippen molar-refractivity contribution in [2.75, 3.05) is 36.3 Å². The number of nitrogens with zero attached hydrogens (tertiary/aromatic N) is 6. The van der Waals surface area contributed by atoms with Crippen molar-refractivity contribution in [1.29, 1.82) is 0 Å². The molecule has 2 rings (SSSR count). The molecule has 0 aliphatic rings. The third-order valence-electron chi connectivity index (χ3n) is 2.34. The lowest BCUT2D eigenvalue weighted by molar-refractivity contribution is 0.636. The van der Waals surface area contributed by atoms with Gasteiger partial charge in [0.15, 0.2) is 0 Å². The molecular formula is C10H17N9. The van der Waals surface area contributed by atoms with Gasteiger partial charge in [0.1, 0.15) is 0 Å². The number of aromatic nitrogens is 5.